The fraction of sp³-hybridized carbons (Fsp3) is 0.591. The van der Waals surface area contributed by atoms with Gasteiger partial charge >= 0.3 is 0 Å². The highest BCUT2D eigenvalue weighted by Crippen LogP contribution is 2.38. The second kappa shape index (κ2) is 7.85. The van der Waals surface area contributed by atoms with Crippen LogP contribution in [0.25, 0.3) is 10.9 Å². The molecule has 0 unspecified atom stereocenters. The van der Waals surface area contributed by atoms with Crippen molar-refractivity contribution in [3.05, 3.63) is 36.0 Å². The van der Waals surface area contributed by atoms with Crippen LogP contribution < -0.4 is 10.6 Å². The highest BCUT2D eigenvalue weighted by atomic mass is 16.5. The summed E-state index contributed by atoms with van der Waals surface area (Å²) in [7, 11) is 0. The maximum atomic E-state index is 12.6. The highest BCUT2D eigenvalue weighted by Gasteiger charge is 2.49. The van der Waals surface area contributed by atoms with Crippen LogP contribution in [0, 0.1) is 0 Å². The largest absolute Gasteiger partial charge is 0.388 e. The summed E-state index contributed by atoms with van der Waals surface area (Å²) in [5, 5.41) is 18.2. The topological polar surface area (TPSA) is 86.4 Å². The summed E-state index contributed by atoms with van der Waals surface area (Å²) in [6.07, 6.45) is 5.96. The van der Waals surface area contributed by atoms with E-state index in [-0.39, 0.29) is 18.1 Å². The van der Waals surface area contributed by atoms with Gasteiger partial charge < -0.3 is 25.5 Å². The van der Waals surface area contributed by atoms with E-state index < -0.39 is 11.6 Å². The first-order valence-electron chi connectivity index (χ1n) is 10.4. The number of hydrogen-bond acceptors (Lipinski definition) is 4. The lowest BCUT2D eigenvalue weighted by Crippen LogP contribution is -2.65. The molecule has 0 saturated carbocycles. The van der Waals surface area contributed by atoms with Gasteiger partial charge in [-0.3, -0.25) is 4.79 Å². The predicted molar refractivity (Wildman–Crippen MR) is 109 cm³/mol. The van der Waals surface area contributed by atoms with E-state index in [0.717, 1.165) is 44.3 Å². The zero-order valence-corrected chi connectivity index (χ0v) is 16.6. The predicted octanol–water partition coefficient (Wildman–Crippen LogP) is 2.27. The molecule has 6 heteroatoms. The number of amides is 1. The van der Waals surface area contributed by atoms with Crippen LogP contribution in [-0.4, -0.2) is 52.9 Å². The third-order valence-corrected chi connectivity index (χ3v) is 6.44. The van der Waals surface area contributed by atoms with Crippen molar-refractivity contribution >= 4 is 16.8 Å². The molecule has 2 aromatic rings. The van der Waals surface area contributed by atoms with Gasteiger partial charge in [0.25, 0.3) is 0 Å². The molecule has 0 radical (unpaired) electrons. The van der Waals surface area contributed by atoms with Crippen molar-refractivity contribution in [2.75, 3.05) is 19.7 Å². The average molecular weight is 386 g/mol. The van der Waals surface area contributed by atoms with E-state index in [1.165, 1.54) is 10.9 Å². The number of aliphatic hydroxyl groups is 1. The summed E-state index contributed by atoms with van der Waals surface area (Å²) in [4.78, 5) is 15.9. The van der Waals surface area contributed by atoms with E-state index in [2.05, 4.69) is 27.8 Å². The van der Waals surface area contributed by atoms with Gasteiger partial charge in [0.1, 0.15) is 6.10 Å². The number of ether oxygens (including phenoxy) is 1. The first-order chi connectivity index (χ1) is 13.5. The van der Waals surface area contributed by atoms with E-state index in [9.17, 15) is 9.90 Å². The smallest absolute Gasteiger partial charge is 0.220 e. The number of carbonyl (C=O) groups excluding carboxylic acids is 1. The molecule has 3 heterocycles. The second-order valence-electron chi connectivity index (χ2n) is 8.62. The Morgan fingerprint density at radius 3 is 2.93 bits per heavy atom. The van der Waals surface area contributed by atoms with Gasteiger partial charge in [0, 0.05) is 29.9 Å². The van der Waals surface area contributed by atoms with Gasteiger partial charge in [-0.15, -0.1) is 0 Å². The van der Waals surface area contributed by atoms with Crippen LogP contribution >= 0.6 is 0 Å². The van der Waals surface area contributed by atoms with Crippen molar-refractivity contribution in [2.24, 2.45) is 0 Å². The number of para-hydroxylation sites is 1. The SMILES string of the molecule is C[C@]1(NC(=O)CCCc2c[nH]c3ccccc23)CC2(CCNCC2)OC[C@@H]1O. The minimum atomic E-state index is -0.675. The summed E-state index contributed by atoms with van der Waals surface area (Å²) in [5.41, 5.74) is 1.52. The van der Waals surface area contributed by atoms with Crippen LogP contribution in [0.2, 0.25) is 0 Å². The molecule has 2 fully saturated rings. The van der Waals surface area contributed by atoms with Crippen LogP contribution in [0.5, 0.6) is 0 Å². The molecule has 0 aliphatic carbocycles. The van der Waals surface area contributed by atoms with E-state index in [4.69, 9.17) is 4.74 Å². The van der Waals surface area contributed by atoms with Gasteiger partial charge in [-0.25, -0.2) is 0 Å². The molecule has 4 rings (SSSR count). The summed E-state index contributed by atoms with van der Waals surface area (Å²) in [5.74, 6) is 0.00683. The number of benzene rings is 1. The molecule has 6 nitrogen and oxygen atoms in total. The number of aryl methyl sites for hydroxylation is 1. The van der Waals surface area contributed by atoms with Gasteiger partial charge in [0.05, 0.1) is 17.7 Å². The Morgan fingerprint density at radius 2 is 2.11 bits per heavy atom. The molecule has 1 aromatic heterocycles. The van der Waals surface area contributed by atoms with E-state index in [1.807, 2.05) is 25.3 Å². The quantitative estimate of drug-likeness (QED) is 0.636. The van der Waals surface area contributed by atoms with Crippen molar-refractivity contribution in [1.82, 2.24) is 15.6 Å². The lowest BCUT2D eigenvalue weighted by Gasteiger charge is -2.50. The van der Waals surface area contributed by atoms with Gasteiger partial charge in [-0.1, -0.05) is 18.2 Å². The Morgan fingerprint density at radius 1 is 1.32 bits per heavy atom. The summed E-state index contributed by atoms with van der Waals surface area (Å²) in [6.45, 7) is 4.09. The number of hydrogen-bond donors (Lipinski definition) is 4. The Bertz CT molecular complexity index is 827. The number of rotatable bonds is 5. The number of fused-ring (bicyclic) bond motifs is 1. The summed E-state index contributed by atoms with van der Waals surface area (Å²) in [6, 6.07) is 8.23. The van der Waals surface area contributed by atoms with Crippen molar-refractivity contribution in [3.8, 4) is 0 Å². The molecule has 2 aliphatic heterocycles. The van der Waals surface area contributed by atoms with E-state index >= 15 is 0 Å². The van der Waals surface area contributed by atoms with Crippen molar-refractivity contribution in [3.63, 3.8) is 0 Å². The number of H-pyrrole nitrogens is 1. The zero-order chi connectivity index (χ0) is 19.6. The molecule has 0 bridgehead atoms. The molecule has 1 spiro atoms. The fourth-order valence-electron chi connectivity index (χ4n) is 4.77. The molecular weight excluding hydrogens is 354 g/mol. The molecular formula is C22H31N3O3. The third kappa shape index (κ3) is 3.95. The summed E-state index contributed by atoms with van der Waals surface area (Å²) >= 11 is 0. The molecule has 4 N–H and O–H groups in total. The lowest BCUT2D eigenvalue weighted by atomic mass is 9.75. The van der Waals surface area contributed by atoms with Crippen LogP contribution in [-0.2, 0) is 16.0 Å². The third-order valence-electron chi connectivity index (χ3n) is 6.44. The number of aliphatic hydroxyl groups excluding tert-OH is 1. The van der Waals surface area contributed by atoms with Crippen LogP contribution in [0.1, 0.15) is 44.6 Å². The molecule has 2 atom stereocenters. The van der Waals surface area contributed by atoms with Gasteiger partial charge in [0.2, 0.25) is 5.91 Å². The standard InChI is InChI=1S/C22H31N3O3/c1-21(15-22(28-14-19(21)26)9-11-23-12-10-22)25-20(27)8-4-5-16-13-24-18-7-3-2-6-17(16)18/h2-3,6-7,13,19,23-24,26H,4-5,8-12,14-15H2,1H3,(H,25,27)/t19-,21-/m0/s1. The number of piperidine rings is 1. The first kappa shape index (κ1) is 19.4. The number of nitrogens with one attached hydrogen (secondary N) is 3. The normalized spacial score (nSPS) is 27.1. The minimum Gasteiger partial charge on any atom is -0.388 e. The monoisotopic (exact) mass is 385 g/mol. The number of aromatic amines is 1. The van der Waals surface area contributed by atoms with Gasteiger partial charge in [0.15, 0.2) is 0 Å². The number of aromatic nitrogens is 1. The Kier molecular flexibility index (Phi) is 5.45. The van der Waals surface area contributed by atoms with Crippen LogP contribution in [0.4, 0.5) is 0 Å². The molecule has 152 valence electrons. The highest BCUT2D eigenvalue weighted by molar-refractivity contribution is 5.83. The van der Waals surface area contributed by atoms with Crippen LogP contribution in [0.15, 0.2) is 30.5 Å². The minimum absolute atomic E-state index is 0.00683. The first-order valence-corrected chi connectivity index (χ1v) is 10.4. The second-order valence-corrected chi connectivity index (χ2v) is 8.62. The fourth-order valence-corrected chi connectivity index (χ4v) is 4.77. The van der Waals surface area contributed by atoms with Crippen molar-refractivity contribution in [2.45, 2.75) is 62.7 Å². The maximum absolute atomic E-state index is 12.6. The van der Waals surface area contributed by atoms with Crippen LogP contribution in [0.3, 0.4) is 0 Å². The molecule has 1 aromatic carbocycles. The summed E-state index contributed by atoms with van der Waals surface area (Å²) < 4.78 is 6.02. The number of carbonyl (C=O) groups is 1. The molecule has 1 amide bonds. The molecule has 2 aliphatic rings. The van der Waals surface area contributed by atoms with Crippen molar-refractivity contribution in [1.29, 1.82) is 0 Å². The Balaban J connectivity index is 1.33. The maximum Gasteiger partial charge on any atom is 0.220 e. The zero-order valence-electron chi connectivity index (χ0n) is 16.6. The molecule has 2 saturated heterocycles. The Hall–Kier alpha value is -1.89. The van der Waals surface area contributed by atoms with E-state index in [1.54, 1.807) is 0 Å². The average Bonchev–Trinajstić information content (AvgIpc) is 3.09. The van der Waals surface area contributed by atoms with Gasteiger partial charge in [-0.2, -0.15) is 0 Å². The lowest BCUT2D eigenvalue weighted by molar-refractivity contribution is -0.174. The molecule has 28 heavy (non-hydrogen) atoms. The van der Waals surface area contributed by atoms with E-state index in [0.29, 0.717) is 12.8 Å². The van der Waals surface area contributed by atoms with Gasteiger partial charge in [-0.05, 0) is 57.3 Å². The van der Waals surface area contributed by atoms with Crippen molar-refractivity contribution < 1.29 is 14.6 Å². The Labute approximate surface area is 166 Å².